The van der Waals surface area contributed by atoms with Crippen LogP contribution in [0, 0.1) is 12.8 Å². The van der Waals surface area contributed by atoms with Crippen LogP contribution in [0.1, 0.15) is 24.5 Å². The van der Waals surface area contributed by atoms with Gasteiger partial charge >= 0.3 is 0 Å². The quantitative estimate of drug-likeness (QED) is 0.899. The number of rotatable bonds is 5. The molecule has 0 spiro atoms. The van der Waals surface area contributed by atoms with Crippen LogP contribution in [0.3, 0.4) is 0 Å². The van der Waals surface area contributed by atoms with Crippen molar-refractivity contribution in [2.24, 2.45) is 5.92 Å². The molecule has 0 aliphatic carbocycles. The second-order valence-electron chi connectivity index (χ2n) is 5.72. The number of aliphatic hydroxyl groups excluding tert-OH is 1. The summed E-state index contributed by atoms with van der Waals surface area (Å²) in [5.41, 5.74) is 2.55. The summed E-state index contributed by atoms with van der Waals surface area (Å²) < 4.78 is 5.15. The molecule has 4 heteroatoms. The van der Waals surface area contributed by atoms with Gasteiger partial charge in [0.1, 0.15) is 6.61 Å². The number of likely N-dealkylation sites (tertiary alicyclic amines) is 1. The Bertz CT molecular complexity index is 475. The van der Waals surface area contributed by atoms with Gasteiger partial charge in [-0.3, -0.25) is 4.79 Å². The minimum atomic E-state index is -0.455. The van der Waals surface area contributed by atoms with Crippen LogP contribution in [0.2, 0.25) is 0 Å². The normalized spacial score (nSPS) is 22.3. The van der Waals surface area contributed by atoms with Gasteiger partial charge in [0.05, 0.1) is 6.10 Å². The Morgan fingerprint density at radius 1 is 1.43 bits per heavy atom. The molecule has 1 aromatic rings. The second kappa shape index (κ2) is 7.57. The topological polar surface area (TPSA) is 49.8 Å². The van der Waals surface area contributed by atoms with Gasteiger partial charge in [-0.1, -0.05) is 24.3 Å². The summed E-state index contributed by atoms with van der Waals surface area (Å²) in [6, 6.07) is 8.29. The third-order valence-corrected chi connectivity index (χ3v) is 4.25. The Hall–Kier alpha value is -1.39. The van der Waals surface area contributed by atoms with E-state index in [2.05, 4.69) is 19.1 Å². The van der Waals surface area contributed by atoms with E-state index in [4.69, 9.17) is 4.74 Å². The summed E-state index contributed by atoms with van der Waals surface area (Å²) in [7, 11) is 0. The molecule has 1 aliphatic heterocycles. The van der Waals surface area contributed by atoms with Gasteiger partial charge in [0.25, 0.3) is 0 Å². The summed E-state index contributed by atoms with van der Waals surface area (Å²) >= 11 is 0. The first-order chi connectivity index (χ1) is 10.1. The molecule has 0 bridgehead atoms. The highest BCUT2D eigenvalue weighted by Crippen LogP contribution is 2.23. The number of carbonyl (C=O) groups is 1. The minimum Gasteiger partial charge on any atom is -0.391 e. The number of β-amino-alcohol motifs (C(OH)–C–C–N with tert-alkyl or cyclic N) is 1. The average Bonchev–Trinajstić information content (AvgIpc) is 2.49. The first-order valence-corrected chi connectivity index (χ1v) is 7.70. The number of hydrogen-bond acceptors (Lipinski definition) is 3. The lowest BCUT2D eigenvalue weighted by Crippen LogP contribution is -2.48. The molecule has 0 saturated carbocycles. The van der Waals surface area contributed by atoms with Crippen LogP contribution in [0.25, 0.3) is 0 Å². The molecule has 1 aliphatic rings. The molecular weight excluding hydrogens is 266 g/mol. The molecule has 21 heavy (non-hydrogen) atoms. The lowest BCUT2D eigenvalue weighted by atomic mass is 9.86. The van der Waals surface area contributed by atoms with E-state index in [-0.39, 0.29) is 18.4 Å². The molecular formula is C17H25NO3. The number of nitrogens with zero attached hydrogens (tertiary/aromatic N) is 1. The van der Waals surface area contributed by atoms with Crippen molar-refractivity contribution in [3.05, 3.63) is 35.4 Å². The van der Waals surface area contributed by atoms with Crippen LogP contribution in [0.15, 0.2) is 24.3 Å². The monoisotopic (exact) mass is 291 g/mol. The molecule has 1 N–H and O–H groups in total. The largest absolute Gasteiger partial charge is 0.391 e. The molecule has 1 saturated heterocycles. The van der Waals surface area contributed by atoms with E-state index in [1.807, 2.05) is 19.1 Å². The Kier molecular flexibility index (Phi) is 5.76. The van der Waals surface area contributed by atoms with Gasteiger partial charge in [0.15, 0.2) is 0 Å². The van der Waals surface area contributed by atoms with E-state index in [0.717, 1.165) is 12.8 Å². The van der Waals surface area contributed by atoms with Crippen molar-refractivity contribution in [3.63, 3.8) is 0 Å². The van der Waals surface area contributed by atoms with Crippen molar-refractivity contribution in [3.8, 4) is 0 Å². The molecule has 4 nitrogen and oxygen atoms in total. The van der Waals surface area contributed by atoms with Crippen molar-refractivity contribution in [1.82, 2.24) is 4.90 Å². The van der Waals surface area contributed by atoms with Gasteiger partial charge < -0.3 is 14.7 Å². The molecule has 1 amide bonds. The van der Waals surface area contributed by atoms with Crippen LogP contribution in [0.5, 0.6) is 0 Å². The number of carbonyl (C=O) groups excluding carboxylic acids is 1. The number of piperidine rings is 1. The smallest absolute Gasteiger partial charge is 0.248 e. The van der Waals surface area contributed by atoms with Gasteiger partial charge in [0, 0.05) is 19.7 Å². The van der Waals surface area contributed by atoms with Gasteiger partial charge in [-0.2, -0.15) is 0 Å². The highest BCUT2D eigenvalue weighted by Gasteiger charge is 2.30. The van der Waals surface area contributed by atoms with Gasteiger partial charge in [0.2, 0.25) is 5.91 Å². The third-order valence-electron chi connectivity index (χ3n) is 4.25. The SMILES string of the molecule is CCOCC(=O)N1CC[C@H](Cc2ccccc2C)[C@H](O)C1. The Morgan fingerprint density at radius 3 is 2.86 bits per heavy atom. The van der Waals surface area contributed by atoms with Crippen molar-refractivity contribution in [1.29, 1.82) is 0 Å². The van der Waals surface area contributed by atoms with Crippen LogP contribution in [0.4, 0.5) is 0 Å². The van der Waals surface area contributed by atoms with E-state index < -0.39 is 6.10 Å². The van der Waals surface area contributed by atoms with Crippen LogP contribution in [-0.2, 0) is 16.0 Å². The number of amides is 1. The number of aryl methyl sites for hydroxylation is 1. The van der Waals surface area contributed by atoms with Gasteiger partial charge in [-0.15, -0.1) is 0 Å². The van der Waals surface area contributed by atoms with Gasteiger partial charge in [-0.05, 0) is 43.7 Å². The predicted octanol–water partition coefficient (Wildman–Crippen LogP) is 1.78. The number of benzene rings is 1. The fourth-order valence-electron chi connectivity index (χ4n) is 2.85. The molecule has 1 fully saturated rings. The zero-order valence-electron chi connectivity index (χ0n) is 12.9. The zero-order chi connectivity index (χ0) is 15.2. The third kappa shape index (κ3) is 4.29. The van der Waals surface area contributed by atoms with E-state index in [0.29, 0.717) is 19.7 Å². The van der Waals surface area contributed by atoms with E-state index >= 15 is 0 Å². The van der Waals surface area contributed by atoms with Crippen LogP contribution in [-0.4, -0.2) is 48.3 Å². The summed E-state index contributed by atoms with van der Waals surface area (Å²) in [4.78, 5) is 13.6. The fraction of sp³-hybridized carbons (Fsp3) is 0.588. The number of ether oxygens (including phenoxy) is 1. The minimum absolute atomic E-state index is 0.0229. The summed E-state index contributed by atoms with van der Waals surface area (Å²) in [5.74, 6) is 0.201. The van der Waals surface area contributed by atoms with E-state index in [1.54, 1.807) is 4.90 Å². The maximum absolute atomic E-state index is 11.9. The predicted molar refractivity (Wildman–Crippen MR) is 82.1 cm³/mol. The molecule has 0 aromatic heterocycles. The standard InChI is InChI=1S/C17H25NO3/c1-3-21-12-17(20)18-9-8-15(16(19)11-18)10-14-7-5-4-6-13(14)2/h4-7,15-16,19H,3,8-12H2,1-2H3/t15-,16-/m1/s1. The zero-order valence-corrected chi connectivity index (χ0v) is 12.9. The van der Waals surface area contributed by atoms with Crippen LogP contribution < -0.4 is 0 Å². The number of hydrogen-bond donors (Lipinski definition) is 1. The molecule has 1 heterocycles. The lowest BCUT2D eigenvalue weighted by Gasteiger charge is -2.36. The van der Waals surface area contributed by atoms with Crippen molar-refractivity contribution in [2.45, 2.75) is 32.8 Å². The first-order valence-electron chi connectivity index (χ1n) is 7.70. The first kappa shape index (κ1) is 16.0. The maximum Gasteiger partial charge on any atom is 0.248 e. The van der Waals surface area contributed by atoms with Crippen molar-refractivity contribution in [2.75, 3.05) is 26.3 Å². The Balaban J connectivity index is 1.89. The number of aliphatic hydroxyl groups is 1. The van der Waals surface area contributed by atoms with Crippen LogP contribution >= 0.6 is 0 Å². The van der Waals surface area contributed by atoms with Crippen molar-refractivity contribution >= 4 is 5.91 Å². The summed E-state index contributed by atoms with van der Waals surface area (Å²) in [5, 5.41) is 10.3. The van der Waals surface area contributed by atoms with Gasteiger partial charge in [-0.25, -0.2) is 0 Å². The Morgan fingerprint density at radius 2 is 2.19 bits per heavy atom. The molecule has 0 unspecified atom stereocenters. The highest BCUT2D eigenvalue weighted by atomic mass is 16.5. The molecule has 2 atom stereocenters. The lowest BCUT2D eigenvalue weighted by molar-refractivity contribution is -0.140. The summed E-state index contributed by atoms with van der Waals surface area (Å²) in [6.07, 6.45) is 1.26. The average molecular weight is 291 g/mol. The van der Waals surface area contributed by atoms with Crippen molar-refractivity contribution < 1.29 is 14.6 Å². The molecule has 116 valence electrons. The van der Waals surface area contributed by atoms with E-state index in [1.165, 1.54) is 11.1 Å². The fourth-order valence-corrected chi connectivity index (χ4v) is 2.85. The second-order valence-corrected chi connectivity index (χ2v) is 5.72. The molecule has 0 radical (unpaired) electrons. The highest BCUT2D eigenvalue weighted by molar-refractivity contribution is 5.77. The Labute approximate surface area is 126 Å². The maximum atomic E-state index is 11.9. The molecule has 1 aromatic carbocycles. The summed E-state index contributed by atoms with van der Waals surface area (Å²) in [6.45, 7) is 5.75. The molecule has 2 rings (SSSR count). The van der Waals surface area contributed by atoms with E-state index in [9.17, 15) is 9.90 Å².